The largest absolute Gasteiger partial charge is 0.358 e. The molecule has 0 radical (unpaired) electrons. The molecule has 1 amide bonds. The van der Waals surface area contributed by atoms with Gasteiger partial charge in [0.05, 0.1) is 0 Å². The molecule has 1 aliphatic carbocycles. The number of carbonyl (C=O) groups is 1. The molecular weight excluding hydrogens is 322 g/mol. The number of nitrogens with one attached hydrogen (secondary N) is 2. The normalized spacial score (nSPS) is 18.8. The van der Waals surface area contributed by atoms with Crippen molar-refractivity contribution >= 4 is 16.8 Å². The van der Waals surface area contributed by atoms with E-state index in [0.717, 1.165) is 43.8 Å². The van der Waals surface area contributed by atoms with Gasteiger partial charge in [-0.15, -0.1) is 0 Å². The fourth-order valence-corrected chi connectivity index (χ4v) is 4.44. The second-order valence-electron chi connectivity index (χ2n) is 8.18. The van der Waals surface area contributed by atoms with Crippen LogP contribution in [0.4, 0.5) is 0 Å². The SMILES string of the molecule is CC1CCN(CCCNC(=O)c2ccc3[nH]c4c(c3c2)CCCC4)CC1. The first kappa shape index (κ1) is 17.6. The van der Waals surface area contributed by atoms with E-state index >= 15 is 0 Å². The smallest absolute Gasteiger partial charge is 0.251 e. The molecule has 1 aromatic carbocycles. The van der Waals surface area contributed by atoms with E-state index in [-0.39, 0.29) is 5.91 Å². The summed E-state index contributed by atoms with van der Waals surface area (Å²) in [6.07, 6.45) is 8.45. The third kappa shape index (κ3) is 3.80. The molecule has 2 heterocycles. The number of benzene rings is 1. The zero-order chi connectivity index (χ0) is 17.9. The molecule has 26 heavy (non-hydrogen) atoms. The van der Waals surface area contributed by atoms with Gasteiger partial charge in [-0.25, -0.2) is 0 Å². The summed E-state index contributed by atoms with van der Waals surface area (Å²) in [5, 5.41) is 4.35. The number of hydrogen-bond acceptors (Lipinski definition) is 2. The van der Waals surface area contributed by atoms with Crippen LogP contribution in [0.5, 0.6) is 0 Å². The number of piperidine rings is 1. The number of aromatic amines is 1. The van der Waals surface area contributed by atoms with Crippen molar-refractivity contribution in [3.8, 4) is 0 Å². The molecule has 4 nitrogen and oxygen atoms in total. The van der Waals surface area contributed by atoms with E-state index in [0.29, 0.717) is 0 Å². The number of carbonyl (C=O) groups excluding carboxylic acids is 1. The van der Waals surface area contributed by atoms with E-state index in [9.17, 15) is 4.79 Å². The molecular formula is C22H31N3O. The van der Waals surface area contributed by atoms with Crippen LogP contribution in [-0.4, -0.2) is 42.0 Å². The van der Waals surface area contributed by atoms with Gasteiger partial charge in [0.2, 0.25) is 0 Å². The van der Waals surface area contributed by atoms with Crippen LogP contribution in [0.25, 0.3) is 10.9 Å². The molecule has 1 aliphatic heterocycles. The van der Waals surface area contributed by atoms with Crippen molar-refractivity contribution in [2.24, 2.45) is 5.92 Å². The van der Waals surface area contributed by atoms with Gasteiger partial charge in [-0.1, -0.05) is 6.92 Å². The van der Waals surface area contributed by atoms with Crippen molar-refractivity contribution in [2.75, 3.05) is 26.2 Å². The van der Waals surface area contributed by atoms with Crippen LogP contribution in [0.3, 0.4) is 0 Å². The van der Waals surface area contributed by atoms with Gasteiger partial charge in [-0.05, 0) is 94.3 Å². The first-order valence-corrected chi connectivity index (χ1v) is 10.3. The molecule has 140 valence electrons. The van der Waals surface area contributed by atoms with Crippen molar-refractivity contribution in [3.05, 3.63) is 35.0 Å². The highest BCUT2D eigenvalue weighted by Gasteiger charge is 2.17. The Labute approximate surface area is 156 Å². The van der Waals surface area contributed by atoms with Crippen LogP contribution in [0.15, 0.2) is 18.2 Å². The van der Waals surface area contributed by atoms with Gasteiger partial charge in [0.15, 0.2) is 0 Å². The number of hydrogen-bond donors (Lipinski definition) is 2. The maximum atomic E-state index is 12.5. The second-order valence-corrected chi connectivity index (χ2v) is 8.18. The predicted octanol–water partition coefficient (Wildman–Crippen LogP) is 3.90. The van der Waals surface area contributed by atoms with E-state index < -0.39 is 0 Å². The number of aromatic nitrogens is 1. The molecule has 1 saturated heterocycles. The number of rotatable bonds is 5. The molecule has 4 rings (SSSR count). The lowest BCUT2D eigenvalue weighted by Gasteiger charge is -2.30. The Bertz CT molecular complexity index is 771. The summed E-state index contributed by atoms with van der Waals surface area (Å²) in [5.74, 6) is 0.935. The topological polar surface area (TPSA) is 48.1 Å². The van der Waals surface area contributed by atoms with Crippen LogP contribution < -0.4 is 5.32 Å². The van der Waals surface area contributed by atoms with E-state index in [1.807, 2.05) is 6.07 Å². The van der Waals surface area contributed by atoms with Crippen molar-refractivity contribution in [1.82, 2.24) is 15.2 Å². The Kier molecular flexibility index (Phi) is 5.30. The Hall–Kier alpha value is -1.81. The third-order valence-corrected chi connectivity index (χ3v) is 6.17. The third-order valence-electron chi connectivity index (χ3n) is 6.17. The van der Waals surface area contributed by atoms with Gasteiger partial charge in [0, 0.05) is 28.7 Å². The van der Waals surface area contributed by atoms with Gasteiger partial charge in [-0.2, -0.15) is 0 Å². The molecule has 0 bridgehead atoms. The second kappa shape index (κ2) is 7.83. The number of aryl methyl sites for hydroxylation is 2. The summed E-state index contributed by atoms with van der Waals surface area (Å²) in [7, 11) is 0. The summed E-state index contributed by atoms with van der Waals surface area (Å²) in [6.45, 7) is 6.62. The molecule has 1 fully saturated rings. The number of fused-ring (bicyclic) bond motifs is 3. The monoisotopic (exact) mass is 353 g/mol. The van der Waals surface area contributed by atoms with Gasteiger partial charge in [0.25, 0.3) is 5.91 Å². The molecule has 2 aliphatic rings. The lowest BCUT2D eigenvalue weighted by molar-refractivity contribution is 0.0950. The fourth-order valence-electron chi connectivity index (χ4n) is 4.44. The van der Waals surface area contributed by atoms with E-state index in [1.54, 1.807) is 0 Å². The molecule has 0 saturated carbocycles. The van der Waals surface area contributed by atoms with Gasteiger partial charge >= 0.3 is 0 Å². The van der Waals surface area contributed by atoms with Crippen molar-refractivity contribution in [2.45, 2.75) is 51.9 Å². The first-order chi connectivity index (χ1) is 12.7. The standard InChI is InChI=1S/C22H31N3O/c1-16-9-13-25(14-10-16)12-4-11-23-22(26)17-7-8-21-19(15-17)18-5-2-3-6-20(18)24-21/h7-8,15-16,24H,2-6,9-14H2,1H3,(H,23,26). The molecule has 2 aromatic rings. The maximum Gasteiger partial charge on any atom is 0.251 e. The van der Waals surface area contributed by atoms with E-state index in [1.165, 1.54) is 60.9 Å². The van der Waals surface area contributed by atoms with Crippen LogP contribution in [0.1, 0.15) is 60.6 Å². The summed E-state index contributed by atoms with van der Waals surface area (Å²) in [5.41, 5.74) is 4.77. The van der Waals surface area contributed by atoms with Crippen molar-refractivity contribution in [1.29, 1.82) is 0 Å². The van der Waals surface area contributed by atoms with E-state index in [2.05, 4.69) is 34.3 Å². The quantitative estimate of drug-likeness (QED) is 0.801. The van der Waals surface area contributed by atoms with Crippen LogP contribution in [0, 0.1) is 5.92 Å². The van der Waals surface area contributed by atoms with Crippen LogP contribution in [0.2, 0.25) is 0 Å². The average Bonchev–Trinajstić information content (AvgIpc) is 3.04. The minimum atomic E-state index is 0.0601. The summed E-state index contributed by atoms with van der Waals surface area (Å²) in [4.78, 5) is 18.6. The number of nitrogens with zero attached hydrogens (tertiary/aromatic N) is 1. The molecule has 4 heteroatoms. The maximum absolute atomic E-state index is 12.5. The Morgan fingerprint density at radius 1 is 1.23 bits per heavy atom. The zero-order valence-corrected chi connectivity index (χ0v) is 15.9. The zero-order valence-electron chi connectivity index (χ0n) is 15.9. The first-order valence-electron chi connectivity index (χ1n) is 10.3. The number of likely N-dealkylation sites (tertiary alicyclic amines) is 1. The summed E-state index contributed by atoms with van der Waals surface area (Å²) >= 11 is 0. The van der Waals surface area contributed by atoms with Crippen molar-refractivity contribution in [3.63, 3.8) is 0 Å². The van der Waals surface area contributed by atoms with E-state index in [4.69, 9.17) is 0 Å². The summed E-state index contributed by atoms with van der Waals surface area (Å²) < 4.78 is 0. The molecule has 1 aromatic heterocycles. The molecule has 0 unspecified atom stereocenters. The lowest BCUT2D eigenvalue weighted by Crippen LogP contribution is -2.35. The Morgan fingerprint density at radius 3 is 2.88 bits per heavy atom. The number of H-pyrrole nitrogens is 1. The predicted molar refractivity (Wildman–Crippen MR) is 107 cm³/mol. The van der Waals surface area contributed by atoms with Crippen LogP contribution >= 0.6 is 0 Å². The van der Waals surface area contributed by atoms with Gasteiger partial charge in [-0.3, -0.25) is 4.79 Å². The highest BCUT2D eigenvalue weighted by Crippen LogP contribution is 2.29. The summed E-state index contributed by atoms with van der Waals surface area (Å²) in [6, 6.07) is 6.10. The highest BCUT2D eigenvalue weighted by atomic mass is 16.1. The fraction of sp³-hybridized carbons (Fsp3) is 0.591. The average molecular weight is 354 g/mol. The van der Waals surface area contributed by atoms with Gasteiger partial charge in [0.1, 0.15) is 0 Å². The lowest BCUT2D eigenvalue weighted by atomic mass is 9.95. The Balaban J connectivity index is 1.31. The minimum absolute atomic E-state index is 0.0601. The minimum Gasteiger partial charge on any atom is -0.358 e. The molecule has 0 atom stereocenters. The van der Waals surface area contributed by atoms with Gasteiger partial charge < -0.3 is 15.2 Å². The van der Waals surface area contributed by atoms with Crippen LogP contribution in [-0.2, 0) is 12.8 Å². The number of amides is 1. The highest BCUT2D eigenvalue weighted by molar-refractivity contribution is 5.99. The molecule has 2 N–H and O–H groups in total. The molecule has 0 spiro atoms. The Morgan fingerprint density at radius 2 is 2.04 bits per heavy atom. The van der Waals surface area contributed by atoms with Crippen molar-refractivity contribution < 1.29 is 4.79 Å².